The normalized spacial score (nSPS) is 10.8. The summed E-state index contributed by atoms with van der Waals surface area (Å²) in [6, 6.07) is 0. The van der Waals surface area contributed by atoms with Gasteiger partial charge in [-0.25, -0.2) is 19.0 Å². The number of nitrogens with zero attached hydrogens (tertiary/aromatic N) is 1. The monoisotopic (exact) mass is 286 g/mol. The summed E-state index contributed by atoms with van der Waals surface area (Å²) in [7, 11) is 1.14. The van der Waals surface area contributed by atoms with E-state index in [4.69, 9.17) is 14.6 Å². The van der Waals surface area contributed by atoms with Crippen molar-refractivity contribution in [3.8, 4) is 5.75 Å². The van der Waals surface area contributed by atoms with Gasteiger partial charge < -0.3 is 14.6 Å². The van der Waals surface area contributed by atoms with E-state index in [1.54, 1.807) is 20.8 Å². The van der Waals surface area contributed by atoms with E-state index in [1.165, 1.54) is 0 Å². The van der Waals surface area contributed by atoms with Crippen LogP contribution in [0.3, 0.4) is 0 Å². The van der Waals surface area contributed by atoms with Crippen LogP contribution in [0, 0.1) is 5.82 Å². The lowest BCUT2D eigenvalue weighted by Gasteiger charge is -2.20. The molecule has 0 unspecified atom stereocenters. The molecule has 0 saturated heterocycles. The van der Waals surface area contributed by atoms with Crippen LogP contribution in [0.2, 0.25) is 0 Å². The first kappa shape index (κ1) is 15.7. The number of halogens is 1. The van der Waals surface area contributed by atoms with Gasteiger partial charge in [-0.1, -0.05) is 0 Å². The molecule has 0 aliphatic carbocycles. The summed E-state index contributed by atoms with van der Waals surface area (Å²) < 4.78 is 23.4. The van der Waals surface area contributed by atoms with Crippen LogP contribution in [-0.4, -0.2) is 34.9 Å². The van der Waals surface area contributed by atoms with Crippen LogP contribution in [0.15, 0.2) is 6.20 Å². The van der Waals surface area contributed by atoms with E-state index in [2.05, 4.69) is 10.3 Å². The number of aromatic nitrogens is 1. The number of nitrogens with one attached hydrogen (secondary N) is 1. The van der Waals surface area contributed by atoms with E-state index in [9.17, 15) is 14.0 Å². The number of hydrogen-bond acceptors (Lipinski definition) is 5. The lowest BCUT2D eigenvalue weighted by Crippen LogP contribution is -2.28. The van der Waals surface area contributed by atoms with Crippen LogP contribution in [0.5, 0.6) is 5.75 Å². The Hall–Kier alpha value is -2.38. The second kappa shape index (κ2) is 5.72. The Morgan fingerprint density at radius 2 is 2.00 bits per heavy atom. The van der Waals surface area contributed by atoms with Gasteiger partial charge >= 0.3 is 12.1 Å². The number of hydrogen-bond donors (Lipinski definition) is 2. The third-order valence-electron chi connectivity index (χ3n) is 2.02. The molecule has 20 heavy (non-hydrogen) atoms. The maximum absolute atomic E-state index is 13.7. The molecule has 0 aliphatic heterocycles. The maximum Gasteiger partial charge on any atom is 0.412 e. The third kappa shape index (κ3) is 3.81. The van der Waals surface area contributed by atoms with Crippen molar-refractivity contribution in [2.45, 2.75) is 26.4 Å². The topological polar surface area (TPSA) is 97.8 Å². The molecular formula is C12H15FN2O5. The van der Waals surface area contributed by atoms with E-state index in [0.29, 0.717) is 6.20 Å². The van der Waals surface area contributed by atoms with E-state index in [-0.39, 0.29) is 5.75 Å². The molecule has 0 saturated carbocycles. The second-order valence-electron chi connectivity index (χ2n) is 4.80. The fourth-order valence-electron chi connectivity index (χ4n) is 1.34. The number of carbonyl (C=O) groups excluding carboxylic acids is 1. The molecule has 0 spiro atoms. The van der Waals surface area contributed by atoms with Gasteiger partial charge in [0.2, 0.25) is 0 Å². The number of carboxylic acid groups (broad SMARTS) is 1. The summed E-state index contributed by atoms with van der Waals surface area (Å²) in [5, 5.41) is 11.0. The van der Waals surface area contributed by atoms with Crippen LogP contribution in [0.4, 0.5) is 14.9 Å². The van der Waals surface area contributed by atoms with Crippen molar-refractivity contribution in [2.24, 2.45) is 0 Å². The van der Waals surface area contributed by atoms with Gasteiger partial charge in [-0.15, -0.1) is 0 Å². The molecule has 110 valence electrons. The zero-order valence-corrected chi connectivity index (χ0v) is 11.5. The van der Waals surface area contributed by atoms with E-state index in [1.807, 2.05) is 0 Å². The highest BCUT2D eigenvalue weighted by molar-refractivity contribution is 5.94. The Morgan fingerprint density at radius 1 is 1.40 bits per heavy atom. The quantitative estimate of drug-likeness (QED) is 0.884. The fourth-order valence-corrected chi connectivity index (χ4v) is 1.34. The Labute approximate surface area is 114 Å². The van der Waals surface area contributed by atoms with Crippen LogP contribution < -0.4 is 10.1 Å². The van der Waals surface area contributed by atoms with Crippen molar-refractivity contribution in [3.63, 3.8) is 0 Å². The summed E-state index contributed by atoms with van der Waals surface area (Å²) in [5.41, 5.74) is -1.73. The highest BCUT2D eigenvalue weighted by atomic mass is 19.1. The van der Waals surface area contributed by atoms with Crippen molar-refractivity contribution >= 4 is 17.7 Å². The molecular weight excluding hydrogens is 271 g/mol. The molecule has 1 heterocycles. The average molecular weight is 286 g/mol. The highest BCUT2D eigenvalue weighted by Crippen LogP contribution is 2.30. The predicted octanol–water partition coefficient (Wildman–Crippen LogP) is 2.27. The summed E-state index contributed by atoms with van der Waals surface area (Å²) in [6.07, 6.45) is -0.254. The number of carboxylic acids is 1. The van der Waals surface area contributed by atoms with Gasteiger partial charge in [0.15, 0.2) is 17.3 Å². The molecule has 8 heteroatoms. The van der Waals surface area contributed by atoms with E-state index < -0.39 is 34.9 Å². The number of carbonyl (C=O) groups is 2. The number of pyridine rings is 1. The smallest absolute Gasteiger partial charge is 0.412 e. The van der Waals surface area contributed by atoms with Gasteiger partial charge in [0.05, 0.1) is 13.3 Å². The molecule has 0 aromatic carbocycles. The SMILES string of the molecule is COc1c(C(=O)O)ncc(F)c1NC(=O)OC(C)(C)C. The largest absolute Gasteiger partial charge is 0.492 e. The number of amides is 1. The minimum Gasteiger partial charge on any atom is -0.492 e. The molecule has 1 aromatic heterocycles. The standard InChI is InChI=1S/C12H15FN2O5/c1-12(2,3)20-11(18)15-7-6(13)5-14-8(10(16)17)9(7)19-4/h5H,1-4H3,(H,16,17)(H,14,15,18). The summed E-state index contributed by atoms with van der Waals surface area (Å²) in [5.74, 6) is -2.73. The first-order valence-electron chi connectivity index (χ1n) is 5.61. The number of ether oxygens (including phenoxy) is 2. The summed E-state index contributed by atoms with van der Waals surface area (Å²) in [6.45, 7) is 4.90. The molecule has 7 nitrogen and oxygen atoms in total. The molecule has 1 amide bonds. The molecule has 0 atom stereocenters. The van der Waals surface area contributed by atoms with Crippen LogP contribution in [0.1, 0.15) is 31.3 Å². The van der Waals surface area contributed by atoms with Gasteiger partial charge in [-0.05, 0) is 20.8 Å². The number of methoxy groups -OCH3 is 1. The summed E-state index contributed by atoms with van der Waals surface area (Å²) in [4.78, 5) is 26.0. The molecule has 0 fully saturated rings. The van der Waals surface area contributed by atoms with Gasteiger partial charge in [0.25, 0.3) is 0 Å². The second-order valence-corrected chi connectivity index (χ2v) is 4.80. The molecule has 1 rings (SSSR count). The fraction of sp³-hybridized carbons (Fsp3) is 0.417. The third-order valence-corrected chi connectivity index (χ3v) is 2.02. The lowest BCUT2D eigenvalue weighted by molar-refractivity contribution is 0.0630. The van der Waals surface area contributed by atoms with Crippen molar-refractivity contribution < 1.29 is 28.6 Å². The number of rotatable bonds is 3. The Balaban J connectivity index is 3.14. The number of anilines is 1. The highest BCUT2D eigenvalue weighted by Gasteiger charge is 2.24. The van der Waals surface area contributed by atoms with Gasteiger partial charge in [-0.2, -0.15) is 0 Å². The first-order chi connectivity index (χ1) is 9.15. The Bertz CT molecular complexity index is 539. The number of aromatic carboxylic acids is 1. The van der Waals surface area contributed by atoms with Crippen molar-refractivity contribution in [3.05, 3.63) is 17.7 Å². The van der Waals surface area contributed by atoms with Crippen LogP contribution in [-0.2, 0) is 4.74 Å². The van der Waals surface area contributed by atoms with Crippen LogP contribution >= 0.6 is 0 Å². The van der Waals surface area contributed by atoms with E-state index >= 15 is 0 Å². The van der Waals surface area contributed by atoms with Crippen molar-refractivity contribution in [2.75, 3.05) is 12.4 Å². The minimum atomic E-state index is -1.41. The molecule has 0 radical (unpaired) electrons. The molecule has 0 aliphatic rings. The maximum atomic E-state index is 13.7. The van der Waals surface area contributed by atoms with E-state index in [0.717, 1.165) is 7.11 Å². The molecule has 1 aromatic rings. The Morgan fingerprint density at radius 3 is 2.45 bits per heavy atom. The zero-order valence-electron chi connectivity index (χ0n) is 11.5. The van der Waals surface area contributed by atoms with Crippen LogP contribution in [0.25, 0.3) is 0 Å². The molecule has 2 N–H and O–H groups in total. The predicted molar refractivity (Wildman–Crippen MR) is 67.6 cm³/mol. The summed E-state index contributed by atoms with van der Waals surface area (Å²) >= 11 is 0. The minimum absolute atomic E-state index is 0.386. The van der Waals surface area contributed by atoms with Gasteiger partial charge in [0.1, 0.15) is 11.3 Å². The lowest BCUT2D eigenvalue weighted by atomic mass is 10.2. The van der Waals surface area contributed by atoms with Gasteiger partial charge in [-0.3, -0.25) is 5.32 Å². The van der Waals surface area contributed by atoms with Gasteiger partial charge in [0, 0.05) is 0 Å². The molecule has 0 bridgehead atoms. The zero-order chi connectivity index (χ0) is 15.5. The first-order valence-corrected chi connectivity index (χ1v) is 5.61. The average Bonchev–Trinajstić information content (AvgIpc) is 2.28. The van der Waals surface area contributed by atoms with Crippen molar-refractivity contribution in [1.29, 1.82) is 0 Å². The Kier molecular flexibility index (Phi) is 4.49. The van der Waals surface area contributed by atoms with Crippen molar-refractivity contribution in [1.82, 2.24) is 4.98 Å².